The van der Waals surface area contributed by atoms with E-state index < -0.39 is 15.0 Å². The fourth-order valence-corrected chi connectivity index (χ4v) is 8.20. The van der Waals surface area contributed by atoms with Crippen molar-refractivity contribution in [3.05, 3.63) is 0 Å². The van der Waals surface area contributed by atoms with Crippen molar-refractivity contribution in [2.75, 3.05) is 39.3 Å². The summed E-state index contributed by atoms with van der Waals surface area (Å²) in [5, 5.41) is 0. The molecule has 0 aliphatic rings. The van der Waals surface area contributed by atoms with E-state index in [-0.39, 0.29) is 0 Å². The van der Waals surface area contributed by atoms with Crippen LogP contribution in [0, 0.1) is 0 Å². The van der Waals surface area contributed by atoms with E-state index in [4.69, 9.17) is 0 Å². The van der Waals surface area contributed by atoms with E-state index in [1.165, 1.54) is 39.3 Å². The third kappa shape index (κ3) is 4.36. The maximum atomic E-state index is 2.71. The van der Waals surface area contributed by atoms with Crippen molar-refractivity contribution in [2.45, 2.75) is 41.5 Å². The van der Waals surface area contributed by atoms with Gasteiger partial charge in [0, 0.05) is 0 Å². The summed E-state index contributed by atoms with van der Waals surface area (Å²) in [4.78, 5) is 0. The Morgan fingerprint density at radius 2 is 0.688 bits per heavy atom. The molecule has 0 fully saturated rings. The normalized spacial score (nSPS) is 12.4. The third-order valence-corrected chi connectivity index (χ3v) is 10.7. The molecule has 0 atom stereocenters. The Bertz CT molecular complexity index is 126. The summed E-state index contributed by atoms with van der Waals surface area (Å²) < 4.78 is 8.12. The minimum atomic E-state index is -1.39. The van der Waals surface area contributed by atoms with Crippen molar-refractivity contribution in [1.29, 1.82) is 0 Å². The molecule has 4 heteroatoms. The van der Waals surface area contributed by atoms with Crippen LogP contribution in [0.5, 0.6) is 0 Å². The van der Waals surface area contributed by atoms with E-state index in [2.05, 4.69) is 53.1 Å². The van der Waals surface area contributed by atoms with Gasteiger partial charge >= 0.3 is 107 Å². The van der Waals surface area contributed by atoms with Gasteiger partial charge in [-0.05, 0) is 0 Å². The zero-order chi connectivity index (χ0) is 12.6. The van der Waals surface area contributed by atoms with E-state index in [1.54, 1.807) is 0 Å². The maximum absolute atomic E-state index is 2.71. The first-order valence-corrected chi connectivity index (χ1v) is 9.63. The first-order valence-electron chi connectivity index (χ1n) is 6.81. The second kappa shape index (κ2) is 9.45. The van der Waals surface area contributed by atoms with Gasteiger partial charge in [-0.15, -0.1) is 0 Å². The molecule has 0 aliphatic heterocycles. The fraction of sp³-hybridized carbons (Fsp3) is 1.00. The van der Waals surface area contributed by atoms with Crippen LogP contribution in [0.25, 0.3) is 0 Å². The predicted molar refractivity (Wildman–Crippen MR) is 74.5 cm³/mol. The zero-order valence-corrected chi connectivity index (χ0v) is 14.2. The van der Waals surface area contributed by atoms with Crippen molar-refractivity contribution in [3.63, 3.8) is 0 Å². The summed E-state index contributed by atoms with van der Waals surface area (Å²) in [5.74, 6) is 0. The summed E-state index contributed by atoms with van der Waals surface area (Å²) in [6.45, 7) is 20.9. The Balaban J connectivity index is 4.84. The van der Waals surface area contributed by atoms with Gasteiger partial charge in [-0.25, -0.2) is 0 Å². The van der Waals surface area contributed by atoms with Crippen LogP contribution >= 0.6 is 0 Å². The van der Waals surface area contributed by atoms with Gasteiger partial charge < -0.3 is 0 Å². The Labute approximate surface area is 108 Å². The number of hydrogen-bond donors (Lipinski definition) is 0. The fourth-order valence-electron chi connectivity index (χ4n) is 2.12. The summed E-state index contributed by atoms with van der Waals surface area (Å²) >= 11 is -1.39. The van der Waals surface area contributed by atoms with Crippen LogP contribution in [0.15, 0.2) is 0 Å². The quantitative estimate of drug-likeness (QED) is 0.601. The molecule has 0 unspecified atom stereocenters. The number of hydrogen-bond acceptors (Lipinski definition) is 3. The molecule has 0 heterocycles. The standard InChI is InChI=1S/C12H30GeN3/c1-7-14(8-2)13(15(9-3)10-4)16(11-5)12-6/h7-12H2,1-6H3. The first-order chi connectivity index (χ1) is 7.69. The van der Waals surface area contributed by atoms with Gasteiger partial charge in [0.1, 0.15) is 0 Å². The van der Waals surface area contributed by atoms with Crippen LogP contribution < -0.4 is 0 Å². The van der Waals surface area contributed by atoms with Crippen molar-refractivity contribution in [3.8, 4) is 0 Å². The molecule has 0 aliphatic carbocycles. The first kappa shape index (κ1) is 16.4. The van der Waals surface area contributed by atoms with Crippen LogP contribution in [-0.4, -0.2) is 65.9 Å². The van der Waals surface area contributed by atoms with Crippen LogP contribution in [-0.2, 0) is 0 Å². The minimum absolute atomic E-state index is 1.19. The van der Waals surface area contributed by atoms with Gasteiger partial charge in [0.15, 0.2) is 0 Å². The van der Waals surface area contributed by atoms with Crippen molar-refractivity contribution < 1.29 is 0 Å². The second-order valence-electron chi connectivity index (χ2n) is 3.82. The third-order valence-electron chi connectivity index (χ3n) is 3.14. The molecule has 0 saturated heterocycles. The van der Waals surface area contributed by atoms with Crippen LogP contribution in [0.1, 0.15) is 41.5 Å². The van der Waals surface area contributed by atoms with Crippen LogP contribution in [0.3, 0.4) is 0 Å². The molecular weight excluding hydrogens is 259 g/mol. The van der Waals surface area contributed by atoms with Gasteiger partial charge in [0.25, 0.3) is 0 Å². The monoisotopic (exact) mass is 290 g/mol. The molecule has 97 valence electrons. The molecule has 0 bridgehead atoms. The molecule has 1 radical (unpaired) electrons. The van der Waals surface area contributed by atoms with Gasteiger partial charge in [-0.1, -0.05) is 0 Å². The Morgan fingerprint density at radius 3 is 0.812 bits per heavy atom. The molecule has 0 amide bonds. The van der Waals surface area contributed by atoms with E-state index in [0.717, 1.165) is 0 Å². The van der Waals surface area contributed by atoms with E-state index >= 15 is 0 Å². The summed E-state index contributed by atoms with van der Waals surface area (Å²) in [6.07, 6.45) is 0. The molecule has 0 rings (SSSR count). The molecule has 16 heavy (non-hydrogen) atoms. The van der Waals surface area contributed by atoms with Crippen molar-refractivity contribution in [2.24, 2.45) is 0 Å². The van der Waals surface area contributed by atoms with Crippen LogP contribution in [0.4, 0.5) is 0 Å². The predicted octanol–water partition coefficient (Wildman–Crippen LogP) is 2.00. The Kier molecular flexibility index (Phi) is 9.70. The summed E-state index contributed by atoms with van der Waals surface area (Å²) in [5.41, 5.74) is 0. The molecule has 0 saturated carbocycles. The van der Waals surface area contributed by atoms with Gasteiger partial charge in [-0.3, -0.25) is 0 Å². The van der Waals surface area contributed by atoms with E-state index in [0.29, 0.717) is 0 Å². The van der Waals surface area contributed by atoms with E-state index in [9.17, 15) is 0 Å². The number of nitrogens with zero attached hydrogens (tertiary/aromatic N) is 3. The van der Waals surface area contributed by atoms with Crippen molar-refractivity contribution in [1.82, 2.24) is 11.6 Å². The molecule has 0 aromatic rings. The Hall–Kier alpha value is 0.423. The average Bonchev–Trinajstić information content (AvgIpc) is 2.33. The topological polar surface area (TPSA) is 9.72 Å². The molecule has 3 nitrogen and oxygen atoms in total. The summed E-state index contributed by atoms with van der Waals surface area (Å²) in [7, 11) is 0. The molecule has 0 aromatic carbocycles. The average molecular weight is 289 g/mol. The van der Waals surface area contributed by atoms with E-state index in [1.807, 2.05) is 0 Å². The van der Waals surface area contributed by atoms with Gasteiger partial charge in [-0.2, -0.15) is 0 Å². The second-order valence-corrected chi connectivity index (χ2v) is 9.06. The van der Waals surface area contributed by atoms with Gasteiger partial charge in [0.2, 0.25) is 0 Å². The summed E-state index contributed by atoms with van der Waals surface area (Å²) in [6, 6.07) is 0. The Morgan fingerprint density at radius 1 is 0.500 bits per heavy atom. The molecule has 0 aromatic heterocycles. The SMILES string of the molecule is CC[N](CC)[Ge]([N](CC)CC)[N](CC)CC. The number of rotatable bonds is 9. The zero-order valence-electron chi connectivity index (χ0n) is 12.1. The van der Waals surface area contributed by atoms with Crippen molar-refractivity contribution >= 4 is 15.0 Å². The molecule has 0 N–H and O–H groups in total. The van der Waals surface area contributed by atoms with Gasteiger partial charge in [0.05, 0.1) is 0 Å². The molecule has 0 spiro atoms. The van der Waals surface area contributed by atoms with Crippen LogP contribution in [0.2, 0.25) is 0 Å². The molecular formula is C12H30GeN3.